The molecule has 0 bridgehead atoms. The first-order chi connectivity index (χ1) is 9.88. The van der Waals surface area contributed by atoms with Crippen LogP contribution in [0.3, 0.4) is 0 Å². The molecule has 4 nitrogen and oxygen atoms in total. The van der Waals surface area contributed by atoms with Crippen molar-refractivity contribution < 1.29 is 14.3 Å². The predicted octanol–water partition coefficient (Wildman–Crippen LogP) is 3.18. The van der Waals surface area contributed by atoms with Crippen LogP contribution in [0.2, 0.25) is 0 Å². The van der Waals surface area contributed by atoms with E-state index in [2.05, 4.69) is 21.2 Å². The van der Waals surface area contributed by atoms with E-state index in [0.29, 0.717) is 4.47 Å². The summed E-state index contributed by atoms with van der Waals surface area (Å²) >= 11 is 8.04. The summed E-state index contributed by atoms with van der Waals surface area (Å²) in [6.45, 7) is 0. The van der Waals surface area contributed by atoms with Crippen LogP contribution in [0.25, 0.3) is 0 Å². The fraction of sp³-hybridized carbons (Fsp3) is 0. The Bertz CT molecular complexity index is 737. The van der Waals surface area contributed by atoms with Gasteiger partial charge in [0, 0.05) is 10.0 Å². The van der Waals surface area contributed by atoms with Gasteiger partial charge >= 0.3 is 0 Å². The molecule has 0 saturated carbocycles. The summed E-state index contributed by atoms with van der Waals surface area (Å²) in [7, 11) is 0. The van der Waals surface area contributed by atoms with Crippen molar-refractivity contribution in [3.8, 4) is 5.75 Å². The molecule has 1 amide bonds. The van der Waals surface area contributed by atoms with Crippen LogP contribution in [0.1, 0.15) is 15.9 Å². The number of phenols is 1. The minimum atomic E-state index is -0.557. The summed E-state index contributed by atoms with van der Waals surface area (Å²) in [5, 5.41) is 12.3. The number of thiocarbonyl (C=S) groups is 1. The van der Waals surface area contributed by atoms with Crippen LogP contribution >= 0.6 is 28.1 Å². The molecule has 0 aliphatic rings. The molecule has 0 aromatic heterocycles. The number of phenolic OH excluding ortho intramolecular Hbond substituents is 1. The fourth-order valence-electron chi connectivity index (χ4n) is 1.71. The maximum Gasteiger partial charge on any atom is 0.259 e. The standard InChI is InChI=1S/C14H10BrFN2O2S/c15-7-1-4-12(19)10(5-7)14(20)18-11-3-2-8(16)6-9(11)13(17)21/h1-6,19H,(H2,17,21)(H,18,20). The van der Waals surface area contributed by atoms with Crippen molar-refractivity contribution in [3.63, 3.8) is 0 Å². The van der Waals surface area contributed by atoms with Crippen molar-refractivity contribution in [2.24, 2.45) is 5.73 Å². The number of nitrogens with one attached hydrogen (secondary N) is 1. The van der Waals surface area contributed by atoms with Crippen LogP contribution in [0, 0.1) is 5.82 Å². The molecule has 2 aromatic rings. The number of halogens is 2. The van der Waals surface area contributed by atoms with Gasteiger partial charge < -0.3 is 16.2 Å². The maximum absolute atomic E-state index is 13.2. The minimum absolute atomic E-state index is 0.0386. The van der Waals surface area contributed by atoms with Crippen LogP contribution in [-0.4, -0.2) is 16.0 Å². The molecule has 0 saturated heterocycles. The van der Waals surface area contributed by atoms with E-state index in [1.807, 2.05) is 0 Å². The topological polar surface area (TPSA) is 75.3 Å². The van der Waals surface area contributed by atoms with Crippen molar-refractivity contribution in [2.75, 3.05) is 5.32 Å². The Morgan fingerprint density at radius 3 is 2.62 bits per heavy atom. The summed E-state index contributed by atoms with van der Waals surface area (Å²) in [5.74, 6) is -1.24. The third-order valence-electron chi connectivity index (χ3n) is 2.70. The zero-order valence-electron chi connectivity index (χ0n) is 10.6. The second-order valence-electron chi connectivity index (χ2n) is 4.17. The molecule has 0 unspecified atom stereocenters. The quantitative estimate of drug-likeness (QED) is 0.727. The molecular weight excluding hydrogens is 359 g/mol. The first-order valence-electron chi connectivity index (χ1n) is 5.77. The number of hydrogen-bond acceptors (Lipinski definition) is 3. The second kappa shape index (κ2) is 6.19. The highest BCUT2D eigenvalue weighted by Crippen LogP contribution is 2.24. The van der Waals surface area contributed by atoms with Gasteiger partial charge in [-0.3, -0.25) is 4.79 Å². The zero-order valence-corrected chi connectivity index (χ0v) is 13.0. The van der Waals surface area contributed by atoms with E-state index in [1.165, 1.54) is 24.3 Å². The van der Waals surface area contributed by atoms with E-state index in [1.54, 1.807) is 6.07 Å². The number of nitrogens with two attached hydrogens (primary N) is 1. The molecular formula is C14H10BrFN2O2S. The summed E-state index contributed by atoms with van der Waals surface area (Å²) in [6.07, 6.45) is 0. The smallest absolute Gasteiger partial charge is 0.259 e. The van der Waals surface area contributed by atoms with Gasteiger partial charge in [0.15, 0.2) is 0 Å². The third kappa shape index (κ3) is 3.56. The van der Waals surface area contributed by atoms with Crippen molar-refractivity contribution in [2.45, 2.75) is 0 Å². The molecule has 0 fully saturated rings. The number of hydrogen-bond donors (Lipinski definition) is 3. The first-order valence-corrected chi connectivity index (χ1v) is 6.98. The molecule has 21 heavy (non-hydrogen) atoms. The van der Waals surface area contributed by atoms with Gasteiger partial charge in [-0.1, -0.05) is 28.1 Å². The van der Waals surface area contributed by atoms with Crippen LogP contribution in [0.15, 0.2) is 40.9 Å². The zero-order chi connectivity index (χ0) is 15.6. The molecule has 2 rings (SSSR count). The lowest BCUT2D eigenvalue weighted by Gasteiger charge is -2.11. The molecule has 2 aromatic carbocycles. The number of benzene rings is 2. The van der Waals surface area contributed by atoms with E-state index < -0.39 is 11.7 Å². The number of carbonyl (C=O) groups excluding carboxylic acids is 1. The largest absolute Gasteiger partial charge is 0.507 e. The lowest BCUT2D eigenvalue weighted by Crippen LogP contribution is -2.18. The van der Waals surface area contributed by atoms with Gasteiger partial charge in [0.25, 0.3) is 5.91 Å². The monoisotopic (exact) mass is 368 g/mol. The SMILES string of the molecule is NC(=S)c1cc(F)ccc1NC(=O)c1cc(Br)ccc1O. The van der Waals surface area contributed by atoms with Crippen LogP contribution in [0.4, 0.5) is 10.1 Å². The Hall–Kier alpha value is -1.99. The lowest BCUT2D eigenvalue weighted by molar-refractivity contribution is 0.102. The van der Waals surface area contributed by atoms with E-state index in [-0.39, 0.29) is 27.6 Å². The first kappa shape index (κ1) is 15.4. The minimum Gasteiger partial charge on any atom is -0.507 e. The van der Waals surface area contributed by atoms with Crippen LogP contribution < -0.4 is 11.1 Å². The Balaban J connectivity index is 2.36. The van der Waals surface area contributed by atoms with Gasteiger partial charge in [0.05, 0.1) is 11.3 Å². The molecule has 0 spiro atoms. The number of aromatic hydroxyl groups is 1. The van der Waals surface area contributed by atoms with Gasteiger partial charge in [0.2, 0.25) is 0 Å². The van der Waals surface area contributed by atoms with Gasteiger partial charge in [-0.2, -0.15) is 0 Å². The number of anilines is 1. The van der Waals surface area contributed by atoms with Crippen molar-refractivity contribution in [1.29, 1.82) is 0 Å². The number of carbonyl (C=O) groups is 1. The molecule has 108 valence electrons. The molecule has 4 N–H and O–H groups in total. The third-order valence-corrected chi connectivity index (χ3v) is 3.41. The number of amides is 1. The summed E-state index contributed by atoms with van der Waals surface area (Å²) < 4.78 is 13.8. The van der Waals surface area contributed by atoms with Crippen molar-refractivity contribution in [1.82, 2.24) is 0 Å². The van der Waals surface area contributed by atoms with Gasteiger partial charge in [-0.05, 0) is 36.4 Å². The molecule has 0 atom stereocenters. The van der Waals surface area contributed by atoms with E-state index in [9.17, 15) is 14.3 Å². The lowest BCUT2D eigenvalue weighted by atomic mass is 10.1. The van der Waals surface area contributed by atoms with Crippen LogP contribution in [0.5, 0.6) is 5.75 Å². The highest BCUT2D eigenvalue weighted by atomic mass is 79.9. The average Bonchev–Trinajstić information content (AvgIpc) is 2.43. The maximum atomic E-state index is 13.2. The Labute approximate surface area is 133 Å². The van der Waals surface area contributed by atoms with Gasteiger partial charge in [0.1, 0.15) is 16.6 Å². The van der Waals surface area contributed by atoms with Gasteiger partial charge in [-0.25, -0.2) is 4.39 Å². The van der Waals surface area contributed by atoms with Crippen LogP contribution in [-0.2, 0) is 0 Å². The summed E-state index contributed by atoms with van der Waals surface area (Å²) in [6, 6.07) is 8.13. The van der Waals surface area contributed by atoms with Gasteiger partial charge in [-0.15, -0.1) is 0 Å². The fourth-order valence-corrected chi connectivity index (χ4v) is 2.24. The Morgan fingerprint density at radius 2 is 1.95 bits per heavy atom. The number of rotatable bonds is 3. The summed E-state index contributed by atoms with van der Waals surface area (Å²) in [5.41, 5.74) is 6.07. The molecule has 7 heteroatoms. The normalized spacial score (nSPS) is 10.2. The molecule has 0 radical (unpaired) electrons. The predicted molar refractivity (Wildman–Crippen MR) is 86.0 cm³/mol. The van der Waals surface area contributed by atoms with E-state index >= 15 is 0 Å². The Kier molecular flexibility index (Phi) is 4.54. The second-order valence-corrected chi connectivity index (χ2v) is 5.53. The summed E-state index contributed by atoms with van der Waals surface area (Å²) in [4.78, 5) is 12.1. The Morgan fingerprint density at radius 1 is 1.24 bits per heavy atom. The van der Waals surface area contributed by atoms with Crippen molar-refractivity contribution in [3.05, 3.63) is 57.8 Å². The van der Waals surface area contributed by atoms with E-state index in [4.69, 9.17) is 18.0 Å². The molecule has 0 aliphatic heterocycles. The molecule has 0 heterocycles. The highest BCUT2D eigenvalue weighted by Gasteiger charge is 2.15. The average molecular weight is 369 g/mol. The van der Waals surface area contributed by atoms with Crippen molar-refractivity contribution >= 4 is 44.7 Å². The highest BCUT2D eigenvalue weighted by molar-refractivity contribution is 9.10. The van der Waals surface area contributed by atoms with E-state index in [0.717, 1.165) is 6.07 Å². The molecule has 0 aliphatic carbocycles.